The molecule has 20 heavy (non-hydrogen) atoms. The Morgan fingerprint density at radius 3 is 2.70 bits per heavy atom. The first-order chi connectivity index (χ1) is 9.47. The van der Waals surface area contributed by atoms with E-state index in [9.17, 15) is 4.79 Å². The Kier molecular flexibility index (Phi) is 5.25. The van der Waals surface area contributed by atoms with E-state index in [0.29, 0.717) is 10.0 Å². The summed E-state index contributed by atoms with van der Waals surface area (Å²) in [6.07, 6.45) is 4.85. The normalized spacial score (nSPS) is 21.8. The second-order valence-electron chi connectivity index (χ2n) is 5.56. The molecule has 1 saturated carbocycles. The van der Waals surface area contributed by atoms with Crippen molar-refractivity contribution in [3.8, 4) is 0 Å². The Balaban J connectivity index is 2.20. The van der Waals surface area contributed by atoms with Crippen LogP contribution in [-0.4, -0.2) is 31.3 Å². The number of allylic oxidation sites excluding steroid dienone is 1. The molecule has 1 fully saturated rings. The van der Waals surface area contributed by atoms with Gasteiger partial charge in [0.2, 0.25) is 0 Å². The van der Waals surface area contributed by atoms with E-state index in [0.717, 1.165) is 36.9 Å². The highest BCUT2D eigenvalue weighted by molar-refractivity contribution is 6.42. The maximum absolute atomic E-state index is 12.5. The quantitative estimate of drug-likeness (QED) is 0.775. The zero-order valence-corrected chi connectivity index (χ0v) is 13.3. The molecule has 0 aliphatic heterocycles. The van der Waals surface area contributed by atoms with Gasteiger partial charge in [-0.05, 0) is 62.7 Å². The topological polar surface area (TPSA) is 20.3 Å². The lowest BCUT2D eigenvalue weighted by molar-refractivity contribution is -0.120. The molecular weight excluding hydrogens is 293 g/mol. The van der Waals surface area contributed by atoms with Gasteiger partial charge < -0.3 is 4.90 Å². The molecule has 1 aromatic carbocycles. The van der Waals surface area contributed by atoms with Crippen molar-refractivity contribution in [1.29, 1.82) is 0 Å². The molecule has 1 aliphatic rings. The Morgan fingerprint density at radius 1 is 1.30 bits per heavy atom. The first-order valence-corrected chi connectivity index (χ1v) is 7.57. The van der Waals surface area contributed by atoms with Gasteiger partial charge in [0.05, 0.1) is 10.0 Å². The summed E-state index contributed by atoms with van der Waals surface area (Å²) in [4.78, 5) is 14.5. The molecule has 1 aromatic rings. The van der Waals surface area contributed by atoms with Gasteiger partial charge in [0.15, 0.2) is 5.78 Å². The van der Waals surface area contributed by atoms with Gasteiger partial charge in [-0.2, -0.15) is 0 Å². The van der Waals surface area contributed by atoms with Crippen LogP contribution in [0.5, 0.6) is 0 Å². The smallest absolute Gasteiger partial charge is 0.163 e. The summed E-state index contributed by atoms with van der Waals surface area (Å²) in [6.45, 7) is 0.817. The van der Waals surface area contributed by atoms with Crippen molar-refractivity contribution in [1.82, 2.24) is 4.90 Å². The number of halogens is 2. The molecule has 0 bridgehead atoms. The number of nitrogens with zero attached hydrogens (tertiary/aromatic N) is 1. The molecule has 0 saturated heterocycles. The molecule has 0 heterocycles. The average molecular weight is 312 g/mol. The maximum Gasteiger partial charge on any atom is 0.163 e. The molecule has 0 unspecified atom stereocenters. The van der Waals surface area contributed by atoms with Gasteiger partial charge in [-0.25, -0.2) is 0 Å². The van der Waals surface area contributed by atoms with Crippen molar-refractivity contribution in [2.24, 2.45) is 5.92 Å². The predicted octanol–water partition coefficient (Wildman–Crippen LogP) is 4.31. The zero-order valence-electron chi connectivity index (χ0n) is 11.8. The monoisotopic (exact) mass is 311 g/mol. The Morgan fingerprint density at radius 2 is 2.05 bits per heavy atom. The second kappa shape index (κ2) is 6.75. The second-order valence-corrected chi connectivity index (χ2v) is 6.37. The first-order valence-electron chi connectivity index (χ1n) is 6.82. The molecule has 4 heteroatoms. The number of hydrogen-bond donors (Lipinski definition) is 0. The van der Waals surface area contributed by atoms with Gasteiger partial charge in [0.25, 0.3) is 0 Å². The van der Waals surface area contributed by atoms with Crippen LogP contribution < -0.4 is 0 Å². The minimum Gasteiger partial charge on any atom is -0.309 e. The third-order valence-corrected chi connectivity index (χ3v) is 4.30. The molecule has 1 aliphatic carbocycles. The van der Waals surface area contributed by atoms with Gasteiger partial charge >= 0.3 is 0 Å². The summed E-state index contributed by atoms with van der Waals surface area (Å²) >= 11 is 11.9. The fourth-order valence-corrected chi connectivity index (χ4v) is 2.92. The first kappa shape index (κ1) is 15.6. The summed E-state index contributed by atoms with van der Waals surface area (Å²) in [5.74, 6) is 0.392. The van der Waals surface area contributed by atoms with Crippen molar-refractivity contribution in [2.45, 2.75) is 19.3 Å². The van der Waals surface area contributed by atoms with Crippen LogP contribution in [0, 0.1) is 5.92 Å². The highest BCUT2D eigenvalue weighted by Gasteiger charge is 2.26. The van der Waals surface area contributed by atoms with Crippen molar-refractivity contribution in [2.75, 3.05) is 20.6 Å². The number of carbonyl (C=O) groups excluding carboxylic acids is 1. The van der Waals surface area contributed by atoms with Crippen LogP contribution in [0.1, 0.15) is 24.8 Å². The zero-order chi connectivity index (χ0) is 14.7. The number of hydrogen-bond acceptors (Lipinski definition) is 2. The largest absolute Gasteiger partial charge is 0.309 e. The van der Waals surface area contributed by atoms with Crippen LogP contribution in [0.25, 0.3) is 6.08 Å². The summed E-state index contributed by atoms with van der Waals surface area (Å²) < 4.78 is 0. The molecule has 2 nitrogen and oxygen atoms in total. The summed E-state index contributed by atoms with van der Waals surface area (Å²) in [5, 5.41) is 1.06. The molecule has 108 valence electrons. The van der Waals surface area contributed by atoms with E-state index in [4.69, 9.17) is 23.2 Å². The molecule has 0 radical (unpaired) electrons. The number of ketones is 1. The Labute approximate surface area is 130 Å². The predicted molar refractivity (Wildman–Crippen MR) is 85.3 cm³/mol. The Hall–Kier alpha value is -0.830. The van der Waals surface area contributed by atoms with E-state index in [-0.39, 0.29) is 11.7 Å². The van der Waals surface area contributed by atoms with E-state index in [1.54, 1.807) is 12.1 Å². The van der Waals surface area contributed by atoms with Crippen molar-refractivity contribution < 1.29 is 4.79 Å². The standard InChI is InChI=1S/C16H19Cl2NO/c1-19(2)10-13-5-3-4-12(16(13)20)8-11-6-7-14(17)15(18)9-11/h6-9,13H,3-5,10H2,1-2H3/b12-8+/t13-/m0/s1. The van der Waals surface area contributed by atoms with Gasteiger partial charge in [-0.15, -0.1) is 0 Å². The van der Waals surface area contributed by atoms with Gasteiger partial charge in [0, 0.05) is 12.5 Å². The number of carbonyl (C=O) groups is 1. The van der Waals surface area contributed by atoms with E-state index < -0.39 is 0 Å². The van der Waals surface area contributed by atoms with Crippen LogP contribution in [0.2, 0.25) is 10.0 Å². The van der Waals surface area contributed by atoms with Crippen LogP contribution in [0.15, 0.2) is 23.8 Å². The van der Waals surface area contributed by atoms with Crippen molar-refractivity contribution in [3.63, 3.8) is 0 Å². The molecule has 0 amide bonds. The molecule has 0 N–H and O–H groups in total. The van der Waals surface area contributed by atoms with Gasteiger partial charge in [-0.1, -0.05) is 29.3 Å². The van der Waals surface area contributed by atoms with E-state index in [2.05, 4.69) is 4.90 Å². The van der Waals surface area contributed by atoms with Crippen LogP contribution in [0.3, 0.4) is 0 Å². The molecule has 0 aromatic heterocycles. The third kappa shape index (κ3) is 3.85. The fourth-order valence-electron chi connectivity index (χ4n) is 2.62. The minimum atomic E-state index is 0.118. The van der Waals surface area contributed by atoms with E-state index >= 15 is 0 Å². The fraction of sp³-hybridized carbons (Fsp3) is 0.438. The Bertz CT molecular complexity index is 537. The average Bonchev–Trinajstić information content (AvgIpc) is 2.38. The van der Waals surface area contributed by atoms with E-state index in [1.807, 2.05) is 26.2 Å². The molecule has 1 atom stereocenters. The highest BCUT2D eigenvalue weighted by Crippen LogP contribution is 2.29. The minimum absolute atomic E-state index is 0.118. The van der Waals surface area contributed by atoms with Gasteiger partial charge in [-0.3, -0.25) is 4.79 Å². The SMILES string of the molecule is CN(C)C[C@@H]1CCC/C(=C\c2ccc(Cl)c(Cl)c2)C1=O. The lowest BCUT2D eigenvalue weighted by Gasteiger charge is -2.25. The lowest BCUT2D eigenvalue weighted by Crippen LogP contribution is -2.31. The molecule has 0 spiro atoms. The lowest BCUT2D eigenvalue weighted by atomic mass is 9.83. The van der Waals surface area contributed by atoms with Crippen molar-refractivity contribution >= 4 is 35.1 Å². The molecule has 2 rings (SSSR count). The molecular formula is C16H19Cl2NO. The summed E-state index contributed by atoms with van der Waals surface area (Å²) in [5.41, 5.74) is 1.84. The van der Waals surface area contributed by atoms with Crippen LogP contribution in [0.4, 0.5) is 0 Å². The summed E-state index contributed by atoms with van der Waals surface area (Å²) in [7, 11) is 4.01. The maximum atomic E-state index is 12.5. The van der Waals surface area contributed by atoms with Crippen molar-refractivity contribution in [3.05, 3.63) is 39.4 Å². The van der Waals surface area contributed by atoms with Gasteiger partial charge in [0.1, 0.15) is 0 Å². The number of rotatable bonds is 3. The van der Waals surface area contributed by atoms with E-state index in [1.165, 1.54) is 0 Å². The third-order valence-electron chi connectivity index (χ3n) is 3.56. The van der Waals surface area contributed by atoms with Crippen LogP contribution >= 0.6 is 23.2 Å². The number of benzene rings is 1. The van der Waals surface area contributed by atoms with Crippen LogP contribution in [-0.2, 0) is 4.79 Å². The number of Topliss-reactive ketones (excluding diaryl/α,β-unsaturated/α-hetero) is 1. The highest BCUT2D eigenvalue weighted by atomic mass is 35.5. The summed E-state index contributed by atoms with van der Waals surface area (Å²) in [6, 6.07) is 5.46.